The van der Waals surface area contributed by atoms with Gasteiger partial charge in [0, 0.05) is 17.8 Å². The number of hydrogen-bond acceptors (Lipinski definition) is 6. The highest BCUT2D eigenvalue weighted by atomic mass is 32.2. The molecule has 9 nitrogen and oxygen atoms in total. The third kappa shape index (κ3) is 6.13. The molecular weight excluding hydrogens is 393 g/mol. The number of non-ortho nitro benzene ring substituents is 1. The number of hydrogen-bond donors (Lipinski definition) is 2. The van der Waals surface area contributed by atoms with Crippen molar-refractivity contribution in [3.63, 3.8) is 0 Å². The summed E-state index contributed by atoms with van der Waals surface area (Å²) in [6.07, 6.45) is 0. The third-order valence-corrected chi connectivity index (χ3v) is 4.94. The van der Waals surface area contributed by atoms with E-state index in [-0.39, 0.29) is 17.1 Å². The molecular formula is C17H16FN3O6S. The van der Waals surface area contributed by atoms with Crippen molar-refractivity contribution in [2.45, 2.75) is 6.92 Å². The Morgan fingerprint density at radius 3 is 2.18 bits per heavy atom. The van der Waals surface area contributed by atoms with E-state index in [2.05, 4.69) is 10.6 Å². The van der Waals surface area contributed by atoms with Gasteiger partial charge in [-0.25, -0.2) is 12.8 Å². The number of benzene rings is 2. The number of rotatable bonds is 7. The molecule has 0 aliphatic rings. The molecule has 0 bridgehead atoms. The van der Waals surface area contributed by atoms with Gasteiger partial charge in [0.15, 0.2) is 9.84 Å². The summed E-state index contributed by atoms with van der Waals surface area (Å²) in [5, 5.41) is 15.4. The molecule has 0 heterocycles. The first-order valence-corrected chi connectivity index (χ1v) is 9.68. The van der Waals surface area contributed by atoms with Crippen LogP contribution in [-0.2, 0) is 19.4 Å². The molecule has 2 aromatic rings. The quantitative estimate of drug-likeness (QED) is 0.531. The minimum absolute atomic E-state index is 0.102. The number of nitro benzene ring substituents is 1. The number of aryl methyl sites for hydroxylation is 1. The fourth-order valence-electron chi connectivity index (χ4n) is 2.23. The van der Waals surface area contributed by atoms with Gasteiger partial charge in [0.2, 0.25) is 11.8 Å². The van der Waals surface area contributed by atoms with Crippen LogP contribution in [0.15, 0.2) is 42.5 Å². The fourth-order valence-corrected chi connectivity index (χ4v) is 3.27. The SMILES string of the molecule is Cc1ccc([N+](=O)[O-])cc1NC(=O)CS(=O)(=O)CC(=O)Nc1ccc(F)cc1. The van der Waals surface area contributed by atoms with E-state index in [9.17, 15) is 32.5 Å². The maximum atomic E-state index is 12.8. The maximum absolute atomic E-state index is 12.8. The lowest BCUT2D eigenvalue weighted by molar-refractivity contribution is -0.384. The van der Waals surface area contributed by atoms with Gasteiger partial charge >= 0.3 is 0 Å². The first-order valence-electron chi connectivity index (χ1n) is 7.86. The van der Waals surface area contributed by atoms with Crippen molar-refractivity contribution >= 4 is 38.7 Å². The molecule has 0 aliphatic heterocycles. The number of nitrogens with one attached hydrogen (secondary N) is 2. The van der Waals surface area contributed by atoms with Crippen LogP contribution >= 0.6 is 0 Å². The average Bonchev–Trinajstić information content (AvgIpc) is 2.57. The van der Waals surface area contributed by atoms with E-state index in [1.165, 1.54) is 24.3 Å². The lowest BCUT2D eigenvalue weighted by atomic mass is 10.2. The van der Waals surface area contributed by atoms with E-state index in [1.807, 2.05) is 0 Å². The zero-order chi connectivity index (χ0) is 20.9. The van der Waals surface area contributed by atoms with Crippen LogP contribution in [0.25, 0.3) is 0 Å². The maximum Gasteiger partial charge on any atom is 0.271 e. The lowest BCUT2D eigenvalue weighted by Crippen LogP contribution is -2.30. The highest BCUT2D eigenvalue weighted by molar-refractivity contribution is 7.92. The molecule has 0 saturated carbocycles. The zero-order valence-corrected chi connectivity index (χ0v) is 15.5. The van der Waals surface area contributed by atoms with Crippen molar-refractivity contribution in [1.82, 2.24) is 0 Å². The monoisotopic (exact) mass is 409 g/mol. The van der Waals surface area contributed by atoms with Gasteiger partial charge in [-0.2, -0.15) is 0 Å². The minimum Gasteiger partial charge on any atom is -0.325 e. The molecule has 11 heteroatoms. The van der Waals surface area contributed by atoms with Crippen LogP contribution in [0.1, 0.15) is 5.56 Å². The molecule has 148 valence electrons. The summed E-state index contributed by atoms with van der Waals surface area (Å²) >= 11 is 0. The van der Waals surface area contributed by atoms with Crippen molar-refractivity contribution in [2.24, 2.45) is 0 Å². The summed E-state index contributed by atoms with van der Waals surface area (Å²) in [4.78, 5) is 34.0. The Kier molecular flexibility index (Phi) is 6.41. The van der Waals surface area contributed by atoms with Gasteiger partial charge in [0.05, 0.1) is 10.6 Å². The van der Waals surface area contributed by atoms with Crippen molar-refractivity contribution in [3.8, 4) is 0 Å². The van der Waals surface area contributed by atoms with Crippen LogP contribution in [0, 0.1) is 22.9 Å². The Morgan fingerprint density at radius 1 is 1.04 bits per heavy atom. The summed E-state index contributed by atoms with van der Waals surface area (Å²) < 4.78 is 36.9. The van der Waals surface area contributed by atoms with Crippen molar-refractivity contribution < 1.29 is 27.3 Å². The van der Waals surface area contributed by atoms with Gasteiger partial charge in [-0.1, -0.05) is 6.07 Å². The Hall–Kier alpha value is -3.34. The van der Waals surface area contributed by atoms with E-state index >= 15 is 0 Å². The van der Waals surface area contributed by atoms with Crippen LogP contribution in [0.4, 0.5) is 21.5 Å². The minimum atomic E-state index is -4.10. The predicted molar refractivity (Wildman–Crippen MR) is 100 cm³/mol. The molecule has 0 aromatic heterocycles. The Bertz CT molecular complexity index is 1020. The van der Waals surface area contributed by atoms with Crippen LogP contribution in [0.5, 0.6) is 0 Å². The Morgan fingerprint density at radius 2 is 1.61 bits per heavy atom. The molecule has 2 amide bonds. The summed E-state index contributed by atoms with van der Waals surface area (Å²) in [7, 11) is -4.10. The van der Waals surface area contributed by atoms with E-state index in [1.54, 1.807) is 6.92 Å². The topological polar surface area (TPSA) is 135 Å². The van der Waals surface area contributed by atoms with Gasteiger partial charge in [-0.3, -0.25) is 19.7 Å². The molecule has 0 fully saturated rings. The number of nitrogens with zero attached hydrogens (tertiary/aromatic N) is 1. The number of carbonyl (C=O) groups excluding carboxylic acids is 2. The fraction of sp³-hybridized carbons (Fsp3) is 0.176. The van der Waals surface area contributed by atoms with Crippen LogP contribution in [0.3, 0.4) is 0 Å². The van der Waals surface area contributed by atoms with Crippen LogP contribution < -0.4 is 10.6 Å². The van der Waals surface area contributed by atoms with Crippen LogP contribution in [-0.4, -0.2) is 36.7 Å². The van der Waals surface area contributed by atoms with Gasteiger partial charge in [0.1, 0.15) is 17.3 Å². The molecule has 0 radical (unpaired) electrons. The molecule has 2 aromatic carbocycles. The third-order valence-electron chi connectivity index (χ3n) is 3.54. The lowest BCUT2D eigenvalue weighted by Gasteiger charge is -2.09. The molecule has 0 unspecified atom stereocenters. The smallest absolute Gasteiger partial charge is 0.271 e. The number of nitro groups is 1. The number of halogens is 1. The molecule has 0 saturated heterocycles. The van der Waals surface area contributed by atoms with Crippen molar-refractivity contribution in [2.75, 3.05) is 22.1 Å². The summed E-state index contributed by atoms with van der Waals surface area (Å²) in [6, 6.07) is 8.49. The average molecular weight is 409 g/mol. The Balaban J connectivity index is 1.98. The molecule has 28 heavy (non-hydrogen) atoms. The zero-order valence-electron chi connectivity index (χ0n) is 14.6. The van der Waals surface area contributed by atoms with Gasteiger partial charge < -0.3 is 10.6 Å². The number of anilines is 2. The normalized spacial score (nSPS) is 10.9. The second-order valence-corrected chi connectivity index (χ2v) is 7.96. The van der Waals surface area contributed by atoms with E-state index < -0.39 is 43.9 Å². The standard InChI is InChI=1S/C17H16FN3O6S/c1-11-2-7-14(21(24)25)8-15(11)20-17(23)10-28(26,27)9-16(22)19-13-5-3-12(18)4-6-13/h2-8H,9-10H2,1H3,(H,19,22)(H,20,23). The number of sulfone groups is 1. The van der Waals surface area contributed by atoms with Gasteiger partial charge in [-0.05, 0) is 36.8 Å². The van der Waals surface area contributed by atoms with E-state index in [0.29, 0.717) is 5.56 Å². The second-order valence-electron chi connectivity index (χ2n) is 5.89. The second kappa shape index (κ2) is 8.57. The summed E-state index contributed by atoms with van der Waals surface area (Å²) in [5.41, 5.74) is 0.552. The molecule has 0 spiro atoms. The van der Waals surface area contributed by atoms with E-state index in [4.69, 9.17) is 0 Å². The van der Waals surface area contributed by atoms with E-state index in [0.717, 1.165) is 18.2 Å². The van der Waals surface area contributed by atoms with Gasteiger partial charge in [0.25, 0.3) is 5.69 Å². The number of amides is 2. The molecule has 2 N–H and O–H groups in total. The molecule has 0 atom stereocenters. The highest BCUT2D eigenvalue weighted by Gasteiger charge is 2.22. The first kappa shape index (κ1) is 21.0. The first-order chi connectivity index (χ1) is 13.1. The molecule has 2 rings (SSSR count). The highest BCUT2D eigenvalue weighted by Crippen LogP contribution is 2.21. The predicted octanol–water partition coefficient (Wildman–Crippen LogP) is 2.03. The summed E-state index contributed by atoms with van der Waals surface area (Å²) in [6.45, 7) is 1.59. The van der Waals surface area contributed by atoms with Crippen molar-refractivity contribution in [3.05, 3.63) is 64.0 Å². The Labute approximate surface area is 159 Å². The molecule has 0 aliphatic carbocycles. The summed E-state index contributed by atoms with van der Waals surface area (Å²) in [5.74, 6) is -4.26. The number of carbonyl (C=O) groups is 2. The largest absolute Gasteiger partial charge is 0.325 e. The van der Waals surface area contributed by atoms with Gasteiger partial charge in [-0.15, -0.1) is 0 Å². The van der Waals surface area contributed by atoms with Crippen LogP contribution in [0.2, 0.25) is 0 Å². The van der Waals surface area contributed by atoms with Crippen molar-refractivity contribution in [1.29, 1.82) is 0 Å².